The maximum absolute atomic E-state index is 14.5. The molecule has 0 aliphatic carbocycles. The molecule has 2 aromatic carbocycles. The third-order valence-corrected chi connectivity index (χ3v) is 11.8. The van der Waals surface area contributed by atoms with Crippen LogP contribution in [0.15, 0.2) is 83.3 Å². The standard InChI is InChI=1S/C43H50N10O4/c1-28-22-30(23-33-27-46-50-39(28)33)25-37(49-43(57)53-16-10-31(11-17-53)35-26-32-4-2-3-5-36(32)47-40(35)54)41(55)48-38(24-29-6-12-44-13-7-29)42(56)52-20-18-51(19-21-52)34-8-14-45-15-9-34/h2-5,8-9,14-15,22-23,26-27,29,37-38,44H,6-7,10-13,16-21,24-25H2,1H3,(H,46,50)(H,48,55)(H,49,57)/t37-,38+/m1/s1. The van der Waals surface area contributed by atoms with Gasteiger partial charge in [0, 0.05) is 79.9 Å². The average Bonchev–Trinajstić information content (AvgIpc) is 3.73. The van der Waals surface area contributed by atoms with Gasteiger partial charge in [-0.1, -0.05) is 29.8 Å². The lowest BCUT2D eigenvalue weighted by atomic mass is 9.90. The van der Waals surface area contributed by atoms with E-state index < -0.39 is 18.0 Å². The normalized spacial score (nSPS) is 18.7. The van der Waals surface area contributed by atoms with Gasteiger partial charge in [0.25, 0.3) is 5.91 Å². The molecule has 0 saturated carbocycles. The fraction of sp³-hybridized carbons (Fsp3) is 0.419. The van der Waals surface area contributed by atoms with E-state index in [2.05, 4.69) is 41.0 Å². The van der Waals surface area contributed by atoms with Crippen LogP contribution in [0, 0.1) is 12.8 Å². The number of aryl methyl sites for hydroxylation is 1. The van der Waals surface area contributed by atoms with Gasteiger partial charge in [-0.05, 0) is 99.5 Å². The molecule has 0 unspecified atom stereocenters. The summed E-state index contributed by atoms with van der Waals surface area (Å²) < 4.78 is 0. The Balaban J connectivity index is 0.994. The zero-order valence-electron chi connectivity index (χ0n) is 32.4. The summed E-state index contributed by atoms with van der Waals surface area (Å²) in [5, 5.41) is 19.3. The van der Waals surface area contributed by atoms with Gasteiger partial charge in [-0.15, -0.1) is 0 Å². The van der Waals surface area contributed by atoms with Crippen LogP contribution in [0.4, 0.5) is 10.5 Å². The summed E-state index contributed by atoms with van der Waals surface area (Å²) in [6.45, 7) is 6.97. The minimum atomic E-state index is -0.948. The molecule has 6 heterocycles. The minimum absolute atomic E-state index is 0.0861. The number of amides is 5. The summed E-state index contributed by atoms with van der Waals surface area (Å²) in [7, 11) is 0. The van der Waals surface area contributed by atoms with Crippen molar-refractivity contribution in [3.63, 3.8) is 0 Å². The molecule has 3 fully saturated rings. The van der Waals surface area contributed by atoms with Gasteiger partial charge in [0.2, 0.25) is 11.8 Å². The highest BCUT2D eigenvalue weighted by molar-refractivity contribution is 6.04. The lowest BCUT2D eigenvalue weighted by molar-refractivity contribution is -0.137. The Bertz CT molecular complexity index is 2280. The molecule has 57 heavy (non-hydrogen) atoms. The maximum Gasteiger partial charge on any atom is 0.318 e. The van der Waals surface area contributed by atoms with Crippen LogP contribution in [-0.4, -0.2) is 113 Å². The number of hydrogen-bond acceptors (Lipinski definition) is 8. The SMILES string of the molecule is Cc1cc(C[C@@H](NC(=O)N2CCC(=C3C=c4ccccc4=NC3=O)CC2)C(=O)N[C@@H](CC2CCNCC2)C(=O)N2CCN(c3ccncc3)CC2)cc2cn[nH]c12. The van der Waals surface area contributed by atoms with E-state index in [4.69, 9.17) is 0 Å². The molecule has 5 amide bonds. The molecule has 296 valence electrons. The second kappa shape index (κ2) is 17.1. The zero-order chi connectivity index (χ0) is 39.3. The summed E-state index contributed by atoms with van der Waals surface area (Å²) in [5.41, 5.74) is 5.42. The monoisotopic (exact) mass is 770 g/mol. The molecule has 14 heteroatoms. The van der Waals surface area contributed by atoms with Crippen molar-refractivity contribution in [1.29, 1.82) is 0 Å². The maximum atomic E-state index is 14.5. The number of nitrogens with one attached hydrogen (secondary N) is 4. The van der Waals surface area contributed by atoms with Crippen molar-refractivity contribution in [2.24, 2.45) is 10.9 Å². The molecule has 0 bridgehead atoms. The molecular formula is C43H50N10O4. The van der Waals surface area contributed by atoms with Gasteiger partial charge in [0.1, 0.15) is 12.1 Å². The fourth-order valence-electron chi connectivity index (χ4n) is 8.62. The molecule has 8 rings (SSSR count). The molecule has 0 radical (unpaired) electrons. The van der Waals surface area contributed by atoms with Crippen molar-refractivity contribution in [2.75, 3.05) is 57.3 Å². The van der Waals surface area contributed by atoms with Crippen LogP contribution in [0.2, 0.25) is 0 Å². The van der Waals surface area contributed by atoms with Gasteiger partial charge in [0.05, 0.1) is 17.1 Å². The number of pyridine rings is 1. The number of likely N-dealkylation sites (tertiary alicyclic amines) is 1. The number of rotatable bonds is 9. The van der Waals surface area contributed by atoms with Crippen LogP contribution in [-0.2, 0) is 20.8 Å². The zero-order valence-corrected chi connectivity index (χ0v) is 32.4. The number of anilines is 1. The van der Waals surface area contributed by atoms with Crippen LogP contribution in [0.3, 0.4) is 0 Å². The highest BCUT2D eigenvalue weighted by Gasteiger charge is 2.34. The number of piperazine rings is 1. The van der Waals surface area contributed by atoms with E-state index in [1.807, 2.05) is 66.4 Å². The Labute approximate surface area is 331 Å². The van der Waals surface area contributed by atoms with Gasteiger partial charge in [0.15, 0.2) is 0 Å². The molecule has 2 atom stereocenters. The summed E-state index contributed by atoms with van der Waals surface area (Å²) in [6.07, 6.45) is 10.9. The number of benzene rings is 2. The number of nitrogens with zero attached hydrogens (tertiary/aromatic N) is 6. The van der Waals surface area contributed by atoms with Gasteiger partial charge < -0.3 is 30.7 Å². The van der Waals surface area contributed by atoms with E-state index in [0.29, 0.717) is 69.5 Å². The average molecular weight is 771 g/mol. The van der Waals surface area contributed by atoms with Crippen molar-refractivity contribution in [2.45, 2.75) is 57.5 Å². The summed E-state index contributed by atoms with van der Waals surface area (Å²) >= 11 is 0. The lowest BCUT2D eigenvalue weighted by Crippen LogP contribution is -2.59. The molecule has 4 aromatic rings. The van der Waals surface area contributed by atoms with Crippen molar-refractivity contribution >= 4 is 46.4 Å². The molecule has 14 nitrogen and oxygen atoms in total. The fourth-order valence-corrected chi connectivity index (χ4v) is 8.62. The molecule has 4 N–H and O–H groups in total. The number of piperidine rings is 2. The number of urea groups is 1. The molecule has 2 aromatic heterocycles. The highest BCUT2D eigenvalue weighted by atomic mass is 16.2. The number of hydrogen-bond donors (Lipinski definition) is 4. The molecule has 4 aliphatic heterocycles. The lowest BCUT2D eigenvalue weighted by Gasteiger charge is -2.38. The Hall–Kier alpha value is -5.89. The second-order valence-corrected chi connectivity index (χ2v) is 15.6. The number of aromatic amines is 1. The first kappa shape index (κ1) is 38.0. The Kier molecular flexibility index (Phi) is 11.4. The topological polar surface area (TPSA) is 168 Å². The van der Waals surface area contributed by atoms with Gasteiger partial charge in [-0.2, -0.15) is 5.10 Å². The van der Waals surface area contributed by atoms with Crippen LogP contribution < -0.4 is 31.4 Å². The van der Waals surface area contributed by atoms with E-state index in [1.54, 1.807) is 23.5 Å². The third kappa shape index (κ3) is 8.75. The van der Waals surface area contributed by atoms with Gasteiger partial charge in [-0.3, -0.25) is 24.5 Å². The first-order chi connectivity index (χ1) is 27.8. The third-order valence-electron chi connectivity index (χ3n) is 11.8. The number of carbonyl (C=O) groups is 4. The quantitative estimate of drug-likeness (QED) is 0.188. The number of H-pyrrole nitrogens is 1. The summed E-state index contributed by atoms with van der Waals surface area (Å²) in [6, 6.07) is 13.5. The molecule has 0 spiro atoms. The van der Waals surface area contributed by atoms with E-state index in [1.165, 1.54) is 0 Å². The van der Waals surface area contributed by atoms with E-state index >= 15 is 0 Å². The smallest absolute Gasteiger partial charge is 0.318 e. The summed E-state index contributed by atoms with van der Waals surface area (Å²) in [5.74, 6) is -0.452. The van der Waals surface area contributed by atoms with Crippen molar-refractivity contribution in [1.82, 2.24) is 40.9 Å². The minimum Gasteiger partial charge on any atom is -0.368 e. The van der Waals surface area contributed by atoms with Crippen LogP contribution in [0.5, 0.6) is 0 Å². The van der Waals surface area contributed by atoms with Gasteiger partial charge in [-0.25, -0.2) is 9.79 Å². The van der Waals surface area contributed by atoms with Crippen LogP contribution in [0.1, 0.15) is 43.2 Å². The molecular weight excluding hydrogens is 721 g/mol. The summed E-state index contributed by atoms with van der Waals surface area (Å²) in [4.78, 5) is 70.1. The molecule has 4 aliphatic rings. The predicted octanol–water partition coefficient (Wildman–Crippen LogP) is 2.14. The number of carbonyl (C=O) groups excluding carboxylic acids is 4. The largest absolute Gasteiger partial charge is 0.368 e. The highest BCUT2D eigenvalue weighted by Crippen LogP contribution is 2.25. The number of fused-ring (bicyclic) bond motifs is 2. The van der Waals surface area contributed by atoms with E-state index in [-0.39, 0.29) is 30.2 Å². The van der Waals surface area contributed by atoms with Crippen LogP contribution in [0.25, 0.3) is 17.0 Å². The van der Waals surface area contributed by atoms with Crippen molar-refractivity contribution in [3.8, 4) is 0 Å². The van der Waals surface area contributed by atoms with Crippen molar-refractivity contribution < 1.29 is 19.2 Å². The number of aromatic nitrogens is 3. The Morgan fingerprint density at radius 2 is 1.65 bits per heavy atom. The van der Waals surface area contributed by atoms with Crippen LogP contribution >= 0.6 is 0 Å². The van der Waals surface area contributed by atoms with Gasteiger partial charge >= 0.3 is 6.03 Å². The first-order valence-corrected chi connectivity index (χ1v) is 20.1. The Morgan fingerprint density at radius 1 is 0.895 bits per heavy atom. The second-order valence-electron chi connectivity index (χ2n) is 15.6. The van der Waals surface area contributed by atoms with E-state index in [0.717, 1.165) is 64.4 Å². The predicted molar refractivity (Wildman–Crippen MR) is 217 cm³/mol. The first-order valence-electron chi connectivity index (χ1n) is 20.1. The number of para-hydroxylation sites is 1. The van der Waals surface area contributed by atoms with Crippen molar-refractivity contribution in [3.05, 3.63) is 100.0 Å². The van der Waals surface area contributed by atoms with E-state index in [9.17, 15) is 19.2 Å². The Morgan fingerprint density at radius 3 is 2.42 bits per heavy atom. The molecule has 3 saturated heterocycles.